The maximum atomic E-state index is 11.9. The van der Waals surface area contributed by atoms with Crippen LogP contribution in [-0.2, 0) is 19.1 Å². The summed E-state index contributed by atoms with van der Waals surface area (Å²) in [5.74, 6) is -1.35. The van der Waals surface area contributed by atoms with Gasteiger partial charge in [0, 0.05) is 6.08 Å². The summed E-state index contributed by atoms with van der Waals surface area (Å²) in [5, 5.41) is 2.50. The average molecular weight is 455 g/mol. The van der Waals surface area contributed by atoms with Crippen molar-refractivity contribution in [3.05, 3.63) is 57.6 Å². The lowest BCUT2D eigenvalue weighted by Gasteiger charge is -2.09. The van der Waals surface area contributed by atoms with Crippen molar-refractivity contribution in [3.8, 4) is 0 Å². The zero-order valence-electron chi connectivity index (χ0n) is 13.2. The van der Waals surface area contributed by atoms with Crippen LogP contribution in [0.25, 0.3) is 6.08 Å². The number of ether oxygens (including phenoxy) is 2. The van der Waals surface area contributed by atoms with Gasteiger partial charge in [-0.2, -0.15) is 0 Å². The van der Waals surface area contributed by atoms with E-state index in [1.54, 1.807) is 30.3 Å². The Balaban J connectivity index is 1.87. The number of hydrogen-bond acceptors (Lipinski definition) is 6. The van der Waals surface area contributed by atoms with Gasteiger partial charge in [-0.1, -0.05) is 12.1 Å². The van der Waals surface area contributed by atoms with E-state index in [4.69, 9.17) is 9.15 Å². The average Bonchev–Trinajstić information content (AvgIpc) is 3.03. The summed E-state index contributed by atoms with van der Waals surface area (Å²) in [6, 6.07) is 9.80. The Bertz CT molecular complexity index is 811. The predicted octanol–water partition coefficient (Wildman–Crippen LogP) is 2.87. The lowest BCUT2D eigenvalue weighted by atomic mass is 10.2. The molecule has 0 saturated heterocycles. The molecule has 130 valence electrons. The van der Waals surface area contributed by atoms with Gasteiger partial charge < -0.3 is 19.2 Å². The van der Waals surface area contributed by atoms with E-state index in [9.17, 15) is 14.4 Å². The van der Waals surface area contributed by atoms with Crippen LogP contribution in [0.5, 0.6) is 0 Å². The third-order valence-electron chi connectivity index (χ3n) is 2.93. The molecular weight excluding hydrogens is 441 g/mol. The first-order valence-electron chi connectivity index (χ1n) is 7.07. The van der Waals surface area contributed by atoms with E-state index in [0.717, 1.165) is 6.08 Å². The highest BCUT2D eigenvalue weighted by Crippen LogP contribution is 2.16. The van der Waals surface area contributed by atoms with Crippen molar-refractivity contribution in [2.24, 2.45) is 0 Å². The second-order valence-corrected chi connectivity index (χ2v) is 5.73. The Kier molecular flexibility index (Phi) is 6.75. The highest BCUT2D eigenvalue weighted by Gasteiger charge is 2.13. The van der Waals surface area contributed by atoms with Gasteiger partial charge in [0.1, 0.15) is 5.76 Å². The number of methoxy groups -OCH3 is 1. The number of anilines is 1. The standard InChI is InChI=1S/C17H14INO6/c1-23-17(22)12-4-2-3-5-13(12)19-15(20)10-24-16(21)9-7-11-6-8-14(18)25-11/h2-9H,10H2,1H3,(H,19,20). The van der Waals surface area contributed by atoms with Crippen LogP contribution in [0.4, 0.5) is 5.69 Å². The van der Waals surface area contributed by atoms with Gasteiger partial charge in [-0.25, -0.2) is 9.59 Å². The summed E-state index contributed by atoms with van der Waals surface area (Å²) < 4.78 is 15.4. The summed E-state index contributed by atoms with van der Waals surface area (Å²) in [4.78, 5) is 35.1. The molecule has 2 aromatic rings. The smallest absolute Gasteiger partial charge is 0.339 e. The molecule has 1 aromatic heterocycles. The molecule has 1 N–H and O–H groups in total. The zero-order valence-corrected chi connectivity index (χ0v) is 15.3. The number of carbonyl (C=O) groups excluding carboxylic acids is 3. The number of rotatable bonds is 6. The fourth-order valence-electron chi connectivity index (χ4n) is 1.82. The number of furan rings is 1. The van der Waals surface area contributed by atoms with Gasteiger partial charge in [-0.15, -0.1) is 0 Å². The molecule has 1 aromatic carbocycles. The van der Waals surface area contributed by atoms with Crippen molar-refractivity contribution in [1.29, 1.82) is 0 Å². The molecule has 1 heterocycles. The lowest BCUT2D eigenvalue weighted by Crippen LogP contribution is -2.21. The first-order chi connectivity index (χ1) is 12.0. The number of carbonyl (C=O) groups is 3. The number of halogens is 1. The molecule has 0 bridgehead atoms. The van der Waals surface area contributed by atoms with Crippen LogP contribution >= 0.6 is 22.6 Å². The van der Waals surface area contributed by atoms with Crippen molar-refractivity contribution in [2.75, 3.05) is 19.0 Å². The van der Waals surface area contributed by atoms with E-state index in [-0.39, 0.29) is 11.3 Å². The van der Waals surface area contributed by atoms with Crippen LogP contribution in [0.1, 0.15) is 16.1 Å². The Morgan fingerprint density at radius 1 is 1.20 bits per heavy atom. The van der Waals surface area contributed by atoms with Crippen molar-refractivity contribution in [1.82, 2.24) is 0 Å². The third kappa shape index (κ3) is 5.75. The second-order valence-electron chi connectivity index (χ2n) is 4.67. The van der Waals surface area contributed by atoms with Gasteiger partial charge in [0.15, 0.2) is 10.4 Å². The monoisotopic (exact) mass is 455 g/mol. The van der Waals surface area contributed by atoms with Gasteiger partial charge in [-0.3, -0.25) is 4.79 Å². The second kappa shape index (κ2) is 9.02. The highest BCUT2D eigenvalue weighted by molar-refractivity contribution is 14.1. The molecule has 0 aliphatic carbocycles. The summed E-state index contributed by atoms with van der Waals surface area (Å²) >= 11 is 2.00. The molecule has 2 rings (SSSR count). The molecule has 0 radical (unpaired) electrons. The summed E-state index contributed by atoms with van der Waals surface area (Å²) in [5.41, 5.74) is 0.480. The van der Waals surface area contributed by atoms with E-state index in [1.165, 1.54) is 19.3 Å². The molecule has 0 saturated carbocycles. The van der Waals surface area contributed by atoms with Gasteiger partial charge in [0.25, 0.3) is 5.91 Å². The molecule has 0 aliphatic heterocycles. The van der Waals surface area contributed by atoms with Crippen molar-refractivity contribution in [3.63, 3.8) is 0 Å². The first-order valence-corrected chi connectivity index (χ1v) is 8.15. The summed E-state index contributed by atoms with van der Waals surface area (Å²) in [6.07, 6.45) is 2.60. The number of hydrogen-bond donors (Lipinski definition) is 1. The van der Waals surface area contributed by atoms with Gasteiger partial charge in [-0.05, 0) is 52.9 Å². The van der Waals surface area contributed by atoms with Gasteiger partial charge in [0.05, 0.1) is 18.4 Å². The minimum absolute atomic E-state index is 0.206. The van der Waals surface area contributed by atoms with Crippen LogP contribution in [0.2, 0.25) is 0 Å². The molecule has 7 nitrogen and oxygen atoms in total. The fraction of sp³-hybridized carbons (Fsp3) is 0.118. The Hall–Kier alpha value is -2.62. The maximum absolute atomic E-state index is 11.9. The van der Waals surface area contributed by atoms with Crippen LogP contribution < -0.4 is 5.32 Å². The molecular formula is C17H14INO6. The van der Waals surface area contributed by atoms with E-state index in [0.29, 0.717) is 9.53 Å². The van der Waals surface area contributed by atoms with Crippen molar-refractivity contribution in [2.45, 2.75) is 0 Å². The van der Waals surface area contributed by atoms with E-state index < -0.39 is 24.5 Å². The van der Waals surface area contributed by atoms with Gasteiger partial charge in [0.2, 0.25) is 0 Å². The number of benzene rings is 1. The molecule has 0 atom stereocenters. The fourth-order valence-corrected chi connectivity index (χ4v) is 2.25. The Morgan fingerprint density at radius 2 is 1.96 bits per heavy atom. The third-order valence-corrected chi connectivity index (χ3v) is 3.51. The van der Waals surface area contributed by atoms with Crippen molar-refractivity contribution < 1.29 is 28.3 Å². The SMILES string of the molecule is COC(=O)c1ccccc1NC(=O)COC(=O)C=Cc1ccc(I)o1. The minimum atomic E-state index is -0.692. The quantitative estimate of drug-likeness (QED) is 0.409. The van der Waals surface area contributed by atoms with Crippen LogP contribution in [0.15, 0.2) is 46.9 Å². The number of esters is 2. The van der Waals surface area contributed by atoms with Crippen LogP contribution in [-0.4, -0.2) is 31.6 Å². The molecule has 0 aliphatic rings. The maximum Gasteiger partial charge on any atom is 0.339 e. The summed E-state index contributed by atoms with van der Waals surface area (Å²) in [7, 11) is 1.25. The molecule has 0 spiro atoms. The van der Waals surface area contributed by atoms with E-state index in [1.807, 2.05) is 22.6 Å². The van der Waals surface area contributed by atoms with Crippen LogP contribution in [0.3, 0.4) is 0 Å². The first kappa shape index (κ1) is 18.7. The molecule has 25 heavy (non-hydrogen) atoms. The minimum Gasteiger partial charge on any atom is -0.465 e. The molecule has 0 unspecified atom stereocenters. The topological polar surface area (TPSA) is 94.8 Å². The predicted molar refractivity (Wildman–Crippen MR) is 97.8 cm³/mol. The lowest BCUT2D eigenvalue weighted by molar-refractivity contribution is -0.142. The van der Waals surface area contributed by atoms with E-state index in [2.05, 4.69) is 10.1 Å². The molecule has 8 heteroatoms. The largest absolute Gasteiger partial charge is 0.465 e. The van der Waals surface area contributed by atoms with E-state index >= 15 is 0 Å². The number of para-hydroxylation sites is 1. The van der Waals surface area contributed by atoms with Crippen molar-refractivity contribution >= 4 is 52.2 Å². The van der Waals surface area contributed by atoms with Gasteiger partial charge >= 0.3 is 11.9 Å². The summed E-state index contributed by atoms with van der Waals surface area (Å²) in [6.45, 7) is -0.492. The molecule has 1 amide bonds. The molecule has 0 fully saturated rings. The zero-order chi connectivity index (χ0) is 18.2. The normalized spacial score (nSPS) is 10.5. The number of amides is 1. The number of nitrogens with one attached hydrogen (secondary N) is 1. The van der Waals surface area contributed by atoms with Crippen LogP contribution in [0, 0.1) is 3.77 Å². The Labute approximate surface area is 157 Å². The Morgan fingerprint density at radius 3 is 2.64 bits per heavy atom. The highest BCUT2D eigenvalue weighted by atomic mass is 127.